The summed E-state index contributed by atoms with van der Waals surface area (Å²) < 4.78 is 84.8. The Morgan fingerprint density at radius 1 is 0.552 bits per heavy atom. The Kier molecular flexibility index (Phi) is 28.3. The maximum Gasteiger partial charge on any atom is 0.494 e. The first kappa shape index (κ1) is 84.8. The first-order valence-corrected chi connectivity index (χ1v) is 37.2. The molecule has 8 heterocycles. The number of nitrogens with zero attached hydrogens (tertiary/aromatic N) is 11. The summed E-state index contributed by atoms with van der Waals surface area (Å²) in [5.41, 5.74) is 21.4. The van der Waals surface area contributed by atoms with Gasteiger partial charge < -0.3 is 56.9 Å². The largest absolute Gasteiger partial charge is 0.494 e. The van der Waals surface area contributed by atoms with Crippen molar-refractivity contribution in [3.05, 3.63) is 302 Å². The minimum Gasteiger partial charge on any atom is -0.399 e. The number of aromatic nitrogens is 9. The van der Waals surface area contributed by atoms with Crippen LogP contribution in [0.15, 0.2) is 213 Å². The average molecular weight is 1690 g/mol. The van der Waals surface area contributed by atoms with E-state index in [1.54, 1.807) is 51.1 Å². The van der Waals surface area contributed by atoms with E-state index in [-0.39, 0.29) is 68.8 Å². The van der Waals surface area contributed by atoms with E-state index in [1.807, 2.05) is 136 Å². The Labute approximate surface area is 681 Å². The maximum atomic E-state index is 13.5. The van der Waals surface area contributed by atoms with Crippen molar-refractivity contribution in [2.24, 2.45) is 0 Å². The molecule has 0 unspecified atom stereocenters. The molecule has 13 aromatic rings. The van der Waals surface area contributed by atoms with E-state index in [0.29, 0.717) is 47.6 Å². The summed E-state index contributed by atoms with van der Waals surface area (Å²) in [6, 6.07) is 52.0. The number of carbonyl (C=O) groups is 3. The van der Waals surface area contributed by atoms with Gasteiger partial charge in [-0.3, -0.25) is 14.4 Å². The second-order valence-electron chi connectivity index (χ2n) is 27.0. The molecular weight excluding hydrogens is 1620 g/mol. The van der Waals surface area contributed by atoms with Crippen molar-refractivity contribution >= 4 is 110 Å². The van der Waals surface area contributed by atoms with E-state index in [0.717, 1.165) is 76.8 Å². The van der Waals surface area contributed by atoms with Crippen molar-refractivity contribution in [1.82, 2.24) is 60.4 Å². The van der Waals surface area contributed by atoms with Crippen LogP contribution in [0.4, 0.5) is 40.8 Å². The van der Waals surface area contributed by atoms with Gasteiger partial charge in [-0.25, -0.2) is 48.1 Å². The fraction of sp³-hybridized carbons (Fsp3) is 0.169. The van der Waals surface area contributed by atoms with Crippen molar-refractivity contribution in [3.8, 4) is 35.0 Å². The lowest BCUT2D eigenvalue weighted by molar-refractivity contribution is 0.00578. The third kappa shape index (κ3) is 21.4. The van der Waals surface area contributed by atoms with Gasteiger partial charge >= 0.3 is 18.7 Å². The Balaban J connectivity index is 0.000000169. The number of rotatable bonds is 18. The van der Waals surface area contributed by atoms with Crippen LogP contribution in [-0.4, -0.2) is 88.9 Å². The van der Waals surface area contributed by atoms with E-state index in [1.165, 1.54) is 85.7 Å². The molecule has 116 heavy (non-hydrogen) atoms. The normalized spacial score (nSPS) is 12.9. The van der Waals surface area contributed by atoms with Crippen molar-refractivity contribution in [1.29, 1.82) is 15.8 Å². The first-order valence-electron chi connectivity index (χ1n) is 35.5. The summed E-state index contributed by atoms with van der Waals surface area (Å²) in [5.74, 6) is -1.86. The molecule has 14 rings (SSSR count). The van der Waals surface area contributed by atoms with Crippen LogP contribution >= 0.6 is 22.6 Å². The van der Waals surface area contributed by atoms with Crippen LogP contribution in [0.3, 0.4) is 0 Å². The SMILES string of the molecule is C[C@H](NC(=O)c1cc(C#N)cnc1F)c1ccc(F)cc1.C[C@H](NC(=O)c1cc(C#N)cnc1NCc1ccc(-c2c[nH]c3ncnc(N)c23)cc1)c1ccc(F)cc1.C[C@H](NC(=O)c1cc(C#N)cnc1NCc1ccc(B2OC(C)(C)C(C)(C)O2)cc1)c1ccc(F)cc1.Nc1ncnc2c1c(I)cn2-c1ccccc1.O=S=O. The minimum atomic E-state index is -0.946. The number of amides is 3. The van der Waals surface area contributed by atoms with E-state index < -0.39 is 53.7 Å². The molecule has 1 aliphatic heterocycles. The number of H-pyrrole nitrogens is 1. The summed E-state index contributed by atoms with van der Waals surface area (Å²) in [6.07, 6.45) is 10.7. The van der Waals surface area contributed by atoms with E-state index in [9.17, 15) is 42.5 Å². The van der Waals surface area contributed by atoms with Crippen molar-refractivity contribution in [2.45, 2.75) is 90.9 Å². The summed E-state index contributed by atoms with van der Waals surface area (Å²) in [7, 11) is -0.439. The number of hydrogen-bond acceptors (Lipinski definition) is 21. The molecule has 1 aliphatic rings. The molecule has 0 bridgehead atoms. The number of para-hydroxylation sites is 1. The zero-order valence-electron chi connectivity index (χ0n) is 63.2. The second kappa shape index (κ2) is 38.7. The number of halogens is 5. The predicted molar refractivity (Wildman–Crippen MR) is 439 cm³/mol. The third-order valence-corrected chi connectivity index (χ3v) is 19.5. The lowest BCUT2D eigenvalue weighted by Gasteiger charge is -2.32. The van der Waals surface area contributed by atoms with Gasteiger partial charge in [0.15, 0.2) is 5.65 Å². The Morgan fingerprint density at radius 3 is 1.41 bits per heavy atom. The number of anilines is 4. The molecule has 586 valence electrons. The van der Waals surface area contributed by atoms with Gasteiger partial charge in [0.05, 0.1) is 73.5 Å². The van der Waals surface area contributed by atoms with Crippen LogP contribution in [0.5, 0.6) is 0 Å². The zero-order valence-corrected chi connectivity index (χ0v) is 66.1. The summed E-state index contributed by atoms with van der Waals surface area (Å²) >= 11 is 1.50. The fourth-order valence-corrected chi connectivity index (χ4v) is 12.5. The molecule has 0 aliphatic carbocycles. The number of nitrogens with one attached hydrogen (secondary N) is 6. The number of carbonyl (C=O) groups excluding carboxylic acids is 3. The summed E-state index contributed by atoms with van der Waals surface area (Å²) in [4.78, 5) is 69.9. The van der Waals surface area contributed by atoms with Gasteiger partial charge in [0.2, 0.25) is 5.95 Å². The number of hydrogen-bond donors (Lipinski definition) is 8. The van der Waals surface area contributed by atoms with Gasteiger partial charge in [-0.05, 0) is 177 Å². The number of pyridine rings is 3. The van der Waals surface area contributed by atoms with E-state index in [4.69, 9.17) is 34.5 Å². The number of nitriles is 3. The minimum absolute atomic E-state index is 0.0935. The number of aromatic amines is 1. The van der Waals surface area contributed by atoms with Gasteiger partial charge in [0, 0.05) is 58.9 Å². The lowest BCUT2D eigenvalue weighted by atomic mass is 9.79. The summed E-state index contributed by atoms with van der Waals surface area (Å²) in [6.45, 7) is 14.2. The molecule has 0 saturated carbocycles. The topological polar surface area (TPSA) is 398 Å². The van der Waals surface area contributed by atoms with Crippen molar-refractivity contribution < 1.29 is 49.7 Å². The fourth-order valence-electron chi connectivity index (χ4n) is 11.7. The van der Waals surface area contributed by atoms with Crippen molar-refractivity contribution in [3.63, 3.8) is 0 Å². The van der Waals surface area contributed by atoms with Gasteiger partial charge in [0.1, 0.15) is 77.2 Å². The Bertz CT molecular complexity index is 5840. The molecular formula is C83H73BF4IN19O7S. The molecule has 7 aromatic heterocycles. The highest BCUT2D eigenvalue weighted by Crippen LogP contribution is 2.37. The second-order valence-corrected chi connectivity index (χ2v) is 28.3. The monoisotopic (exact) mass is 1690 g/mol. The van der Waals surface area contributed by atoms with Crippen molar-refractivity contribution in [2.75, 3.05) is 22.1 Å². The smallest absolute Gasteiger partial charge is 0.399 e. The van der Waals surface area contributed by atoms with Gasteiger partial charge in [-0.1, -0.05) is 103 Å². The van der Waals surface area contributed by atoms with Gasteiger partial charge in [-0.15, -0.1) is 0 Å². The van der Waals surface area contributed by atoms with E-state index in [2.05, 4.69) is 89.0 Å². The molecule has 10 N–H and O–H groups in total. The summed E-state index contributed by atoms with van der Waals surface area (Å²) in [5, 5.41) is 43.8. The molecule has 33 heteroatoms. The number of nitrogen functional groups attached to an aromatic ring is 2. The number of benzene rings is 6. The molecule has 26 nitrogen and oxygen atoms in total. The highest BCUT2D eigenvalue weighted by Gasteiger charge is 2.51. The van der Waals surface area contributed by atoms with Crippen LogP contribution in [0.1, 0.15) is 142 Å². The van der Waals surface area contributed by atoms with E-state index >= 15 is 0 Å². The van der Waals surface area contributed by atoms with Crippen LogP contribution in [0.25, 0.3) is 38.9 Å². The quantitative estimate of drug-likeness (QED) is 0.0171. The molecule has 1 saturated heterocycles. The Hall–Kier alpha value is -13.7. The molecule has 3 amide bonds. The maximum absolute atomic E-state index is 13.5. The molecule has 1 fully saturated rings. The highest BCUT2D eigenvalue weighted by atomic mass is 127. The molecule has 0 spiro atoms. The van der Waals surface area contributed by atoms with Gasteiger partial charge in [-0.2, -0.15) is 28.6 Å². The van der Waals surface area contributed by atoms with Crippen LogP contribution < -0.4 is 43.5 Å². The van der Waals surface area contributed by atoms with Crippen LogP contribution in [0.2, 0.25) is 0 Å². The third-order valence-electron chi connectivity index (χ3n) is 18.7. The first-order chi connectivity index (χ1) is 55.6. The molecule has 6 aromatic carbocycles. The average Bonchev–Trinajstić information content (AvgIpc) is 1.66. The molecule has 0 radical (unpaired) electrons. The van der Waals surface area contributed by atoms with Crippen LogP contribution in [-0.2, 0) is 34.0 Å². The highest BCUT2D eigenvalue weighted by molar-refractivity contribution is 14.1. The standard InChI is InChI=1S/C28H30BFN4O3.C28H23FN8O.C15H11F2N3O.C12H9IN4.O2S/c1-18(21-8-12-23(30)13-9-21)34-26(35)24-14-20(15-31)17-33-25(24)32-16-19-6-10-22(11-7-19)29-36-27(2,3)28(4,5)37-29;1-16(19-6-8-21(29)9-7-19)37-28(38)22-10-18(11-30)13-33-26(22)32-12-17-2-4-20(5-3-17)23-14-34-27-24(23)25(31)35-15-36-27;1-9(11-2-4-12(16)5-3-11)20-15(21)13-6-10(7-18)8-19-14(13)17;13-9-6-17(8-4-2-1-3-5-8)12-10(9)11(14)15-7-16-12;1-3-2/h6-14,17-18H,16H2,1-5H3,(H,32,33)(H,34,35);2-10,13-16H,12H2,1H3,(H,32,33)(H,37,38)(H3,31,34,35,36);2-6,8-9H,1H3,(H,20,21);1-7H,(H2,14,15,16);/t18-;16-;9-;;/m000../s1. The Morgan fingerprint density at radius 2 is 0.957 bits per heavy atom. The predicted octanol–water partition coefficient (Wildman–Crippen LogP) is 13.9. The molecule has 3 atom stereocenters. The zero-order chi connectivity index (χ0) is 83.4. The number of nitrogens with two attached hydrogens (primary N) is 2. The van der Waals surface area contributed by atoms with Crippen LogP contribution in [0, 0.1) is 61.0 Å². The lowest BCUT2D eigenvalue weighted by Crippen LogP contribution is -2.41. The van der Waals surface area contributed by atoms with Gasteiger partial charge in [0.25, 0.3) is 17.7 Å². The number of fused-ring (bicyclic) bond motifs is 2.